The van der Waals surface area contributed by atoms with Crippen LogP contribution in [0.25, 0.3) is 0 Å². The minimum Gasteiger partial charge on any atom is -0.466 e. The number of nitrogens with two attached hydrogens (primary N) is 1. The molecule has 92 valence electrons. The number of carbonyl (C=O) groups is 1. The molecule has 0 radical (unpaired) electrons. The van der Waals surface area contributed by atoms with Crippen molar-refractivity contribution in [2.24, 2.45) is 0 Å². The number of ether oxygens (including phenoxy) is 1. The number of fused-ring (bicyclic) bond motifs is 1. The van der Waals surface area contributed by atoms with Crippen LogP contribution >= 0.6 is 0 Å². The van der Waals surface area contributed by atoms with Gasteiger partial charge < -0.3 is 10.5 Å². The van der Waals surface area contributed by atoms with Gasteiger partial charge in [-0.2, -0.15) is 0 Å². The van der Waals surface area contributed by atoms with Crippen LogP contribution in [0.2, 0.25) is 0 Å². The van der Waals surface area contributed by atoms with Crippen LogP contribution in [0.3, 0.4) is 0 Å². The van der Waals surface area contributed by atoms with E-state index >= 15 is 0 Å². The van der Waals surface area contributed by atoms with E-state index in [1.165, 1.54) is 5.56 Å². The summed E-state index contributed by atoms with van der Waals surface area (Å²) in [4.78, 5) is 15.9. The Morgan fingerprint density at radius 3 is 3.24 bits per heavy atom. The van der Waals surface area contributed by atoms with E-state index in [1.54, 1.807) is 6.20 Å². The van der Waals surface area contributed by atoms with Crippen molar-refractivity contribution in [3.8, 4) is 0 Å². The molecule has 0 amide bonds. The average Bonchev–Trinajstić information content (AvgIpc) is 2.29. The van der Waals surface area contributed by atoms with Crippen molar-refractivity contribution in [2.45, 2.75) is 38.5 Å². The summed E-state index contributed by atoms with van der Waals surface area (Å²) in [5.41, 5.74) is 8.63. The van der Waals surface area contributed by atoms with Crippen LogP contribution in [0.5, 0.6) is 0 Å². The molecule has 0 fully saturated rings. The standard InChI is InChI=1S/C13H18N2O2/c1-2-17-12(16)7-10-5-3-4-9-6-11(14)8-15-13(9)10/h6,8,10H,2-5,7,14H2,1H3. The molecule has 0 saturated carbocycles. The number of nitrogen functional groups attached to an aromatic ring is 1. The molecule has 1 aromatic rings. The van der Waals surface area contributed by atoms with Crippen molar-refractivity contribution in [3.63, 3.8) is 0 Å². The van der Waals surface area contributed by atoms with E-state index in [-0.39, 0.29) is 11.9 Å². The predicted molar refractivity (Wildman–Crippen MR) is 65.6 cm³/mol. The second kappa shape index (κ2) is 5.17. The molecule has 0 bridgehead atoms. The topological polar surface area (TPSA) is 65.2 Å². The van der Waals surface area contributed by atoms with Gasteiger partial charge in [0.2, 0.25) is 0 Å². The third-order valence-electron chi connectivity index (χ3n) is 3.13. The van der Waals surface area contributed by atoms with Gasteiger partial charge in [0.1, 0.15) is 0 Å². The summed E-state index contributed by atoms with van der Waals surface area (Å²) in [6.07, 6.45) is 5.19. The fraction of sp³-hybridized carbons (Fsp3) is 0.538. The number of pyridine rings is 1. The molecule has 0 saturated heterocycles. The molecule has 0 spiro atoms. The van der Waals surface area contributed by atoms with Gasteiger partial charge in [0.15, 0.2) is 0 Å². The zero-order chi connectivity index (χ0) is 12.3. The lowest BCUT2D eigenvalue weighted by Crippen LogP contribution is -2.17. The van der Waals surface area contributed by atoms with Crippen molar-refractivity contribution in [1.29, 1.82) is 0 Å². The molecule has 17 heavy (non-hydrogen) atoms. The highest BCUT2D eigenvalue weighted by atomic mass is 16.5. The molecular weight excluding hydrogens is 216 g/mol. The molecule has 1 aliphatic carbocycles. The van der Waals surface area contributed by atoms with Gasteiger partial charge >= 0.3 is 5.97 Å². The first kappa shape index (κ1) is 11.9. The first-order valence-electron chi connectivity index (χ1n) is 6.10. The third kappa shape index (κ3) is 2.75. The second-order valence-electron chi connectivity index (χ2n) is 4.41. The molecular formula is C13H18N2O2. The molecule has 0 aromatic carbocycles. The Kier molecular flexibility index (Phi) is 3.61. The number of aryl methyl sites for hydroxylation is 1. The minimum absolute atomic E-state index is 0.135. The number of esters is 1. The lowest BCUT2D eigenvalue weighted by Gasteiger charge is -2.23. The highest BCUT2D eigenvalue weighted by molar-refractivity contribution is 5.70. The molecule has 4 nitrogen and oxygen atoms in total. The fourth-order valence-corrected chi connectivity index (χ4v) is 2.40. The number of rotatable bonds is 3. The molecule has 1 aromatic heterocycles. The van der Waals surface area contributed by atoms with E-state index in [9.17, 15) is 4.79 Å². The van der Waals surface area contributed by atoms with Crippen molar-refractivity contribution >= 4 is 11.7 Å². The largest absolute Gasteiger partial charge is 0.466 e. The minimum atomic E-state index is -0.135. The zero-order valence-electron chi connectivity index (χ0n) is 10.1. The lowest BCUT2D eigenvalue weighted by atomic mass is 9.84. The van der Waals surface area contributed by atoms with Crippen LogP contribution in [0.15, 0.2) is 12.3 Å². The monoisotopic (exact) mass is 234 g/mol. The molecule has 1 atom stereocenters. The Morgan fingerprint density at radius 1 is 1.65 bits per heavy atom. The first-order valence-corrected chi connectivity index (χ1v) is 6.10. The summed E-state index contributed by atoms with van der Waals surface area (Å²) < 4.78 is 4.99. The molecule has 2 rings (SSSR count). The number of hydrogen-bond acceptors (Lipinski definition) is 4. The van der Waals surface area contributed by atoms with Crippen LogP contribution in [0.1, 0.15) is 43.4 Å². The molecule has 1 heterocycles. The third-order valence-corrected chi connectivity index (χ3v) is 3.13. The Morgan fingerprint density at radius 2 is 2.47 bits per heavy atom. The van der Waals surface area contributed by atoms with E-state index < -0.39 is 0 Å². The quantitative estimate of drug-likeness (QED) is 0.813. The average molecular weight is 234 g/mol. The predicted octanol–water partition coefficient (Wildman–Crippen LogP) is 2.04. The van der Waals surface area contributed by atoms with Crippen LogP contribution < -0.4 is 5.73 Å². The van der Waals surface area contributed by atoms with Crippen LogP contribution in [0.4, 0.5) is 5.69 Å². The van der Waals surface area contributed by atoms with Gasteiger partial charge in [-0.25, -0.2) is 0 Å². The first-order chi connectivity index (χ1) is 8.20. The fourth-order valence-electron chi connectivity index (χ4n) is 2.40. The lowest BCUT2D eigenvalue weighted by molar-refractivity contribution is -0.143. The number of hydrogen-bond donors (Lipinski definition) is 1. The summed E-state index contributed by atoms with van der Waals surface area (Å²) in [6, 6.07) is 1.97. The highest BCUT2D eigenvalue weighted by Gasteiger charge is 2.24. The molecule has 1 aliphatic rings. The number of anilines is 1. The van der Waals surface area contributed by atoms with Crippen LogP contribution in [-0.2, 0) is 16.0 Å². The summed E-state index contributed by atoms with van der Waals surface area (Å²) in [5, 5.41) is 0. The Labute approximate surface area is 101 Å². The number of carbonyl (C=O) groups excluding carboxylic acids is 1. The number of aromatic nitrogens is 1. The number of nitrogens with zero attached hydrogens (tertiary/aromatic N) is 1. The Bertz CT molecular complexity index is 418. The summed E-state index contributed by atoms with van der Waals surface area (Å²) in [6.45, 7) is 2.26. The Hall–Kier alpha value is -1.58. The van der Waals surface area contributed by atoms with E-state index in [2.05, 4.69) is 4.98 Å². The van der Waals surface area contributed by atoms with Crippen molar-refractivity contribution < 1.29 is 9.53 Å². The molecule has 2 N–H and O–H groups in total. The van der Waals surface area contributed by atoms with Gasteiger partial charge in [-0.1, -0.05) is 0 Å². The van der Waals surface area contributed by atoms with E-state index in [0.717, 1.165) is 25.0 Å². The van der Waals surface area contributed by atoms with Gasteiger partial charge in [-0.05, 0) is 37.8 Å². The molecule has 0 aliphatic heterocycles. The normalized spacial score (nSPS) is 18.5. The van der Waals surface area contributed by atoms with E-state index in [4.69, 9.17) is 10.5 Å². The highest BCUT2D eigenvalue weighted by Crippen LogP contribution is 2.33. The maximum atomic E-state index is 11.5. The van der Waals surface area contributed by atoms with Gasteiger partial charge in [-0.15, -0.1) is 0 Å². The van der Waals surface area contributed by atoms with E-state index in [0.29, 0.717) is 18.7 Å². The Balaban J connectivity index is 2.14. The van der Waals surface area contributed by atoms with Gasteiger partial charge in [0, 0.05) is 11.6 Å². The van der Waals surface area contributed by atoms with Gasteiger partial charge in [0.05, 0.1) is 24.9 Å². The van der Waals surface area contributed by atoms with Crippen molar-refractivity contribution in [2.75, 3.05) is 12.3 Å². The maximum Gasteiger partial charge on any atom is 0.306 e. The van der Waals surface area contributed by atoms with Crippen molar-refractivity contribution in [3.05, 3.63) is 23.5 Å². The second-order valence-corrected chi connectivity index (χ2v) is 4.41. The zero-order valence-corrected chi connectivity index (χ0v) is 10.1. The molecule has 1 unspecified atom stereocenters. The maximum absolute atomic E-state index is 11.5. The molecule has 4 heteroatoms. The van der Waals surface area contributed by atoms with Gasteiger partial charge in [0.25, 0.3) is 0 Å². The van der Waals surface area contributed by atoms with Gasteiger partial charge in [-0.3, -0.25) is 9.78 Å². The summed E-state index contributed by atoms with van der Waals surface area (Å²) in [5.74, 6) is 0.0578. The summed E-state index contributed by atoms with van der Waals surface area (Å²) in [7, 11) is 0. The summed E-state index contributed by atoms with van der Waals surface area (Å²) >= 11 is 0. The SMILES string of the molecule is CCOC(=O)CC1CCCc2cc(N)cnc21. The van der Waals surface area contributed by atoms with Crippen LogP contribution in [0, 0.1) is 0 Å². The smallest absolute Gasteiger partial charge is 0.306 e. The van der Waals surface area contributed by atoms with E-state index in [1.807, 2.05) is 13.0 Å². The van der Waals surface area contributed by atoms with Crippen LogP contribution in [-0.4, -0.2) is 17.6 Å². The van der Waals surface area contributed by atoms with Crippen molar-refractivity contribution in [1.82, 2.24) is 4.98 Å².